The van der Waals surface area contributed by atoms with Crippen molar-refractivity contribution in [2.24, 2.45) is 4.58 Å². The Balaban J connectivity index is 1.65. The summed E-state index contributed by atoms with van der Waals surface area (Å²) in [4.78, 5) is 23.9. The molecule has 0 amide bonds. The van der Waals surface area contributed by atoms with Crippen molar-refractivity contribution in [3.63, 3.8) is 0 Å². The van der Waals surface area contributed by atoms with Gasteiger partial charge in [0.05, 0.1) is 78.4 Å². The lowest BCUT2D eigenvalue weighted by atomic mass is 9.76. The summed E-state index contributed by atoms with van der Waals surface area (Å²) in [5.41, 5.74) is 2.04. The van der Waals surface area contributed by atoms with Crippen LogP contribution >= 0.6 is 0 Å². The first kappa shape index (κ1) is 57.3. The Bertz CT molecular complexity index is 2530. The highest BCUT2D eigenvalue weighted by Gasteiger charge is 2.48. The minimum absolute atomic E-state index is 0.00261. The molecule has 2 unspecified atom stereocenters. The van der Waals surface area contributed by atoms with Crippen molar-refractivity contribution in [2.75, 3.05) is 104 Å². The van der Waals surface area contributed by atoms with Crippen LogP contribution in [-0.4, -0.2) is 155 Å². The smallest absolute Gasteiger partial charge is 0.316 e. The maximum Gasteiger partial charge on any atom is 0.316 e. The van der Waals surface area contributed by atoms with Crippen molar-refractivity contribution in [3.8, 4) is 0 Å². The van der Waals surface area contributed by atoms with Crippen LogP contribution in [0.25, 0.3) is 0 Å². The summed E-state index contributed by atoms with van der Waals surface area (Å²) in [7, 11) is -10.3. The van der Waals surface area contributed by atoms with Crippen molar-refractivity contribution >= 4 is 53.3 Å². The number of carbonyl (C=O) groups is 1. The van der Waals surface area contributed by atoms with E-state index in [1.165, 1.54) is 24.3 Å². The molecule has 0 bridgehead atoms. The summed E-state index contributed by atoms with van der Waals surface area (Å²) in [5, 5.41) is 9.18. The van der Waals surface area contributed by atoms with Crippen molar-refractivity contribution in [2.45, 2.75) is 79.4 Å². The molecule has 2 aliphatic heterocycles. The second kappa shape index (κ2) is 26.8. The van der Waals surface area contributed by atoms with E-state index in [4.69, 9.17) is 28.4 Å². The molecule has 0 saturated carbocycles. The van der Waals surface area contributed by atoms with Crippen molar-refractivity contribution < 1.29 is 77.3 Å². The molecule has 69 heavy (non-hydrogen) atoms. The molecule has 0 radical (unpaired) electrons. The van der Waals surface area contributed by atoms with E-state index in [1.54, 1.807) is 44.6 Å². The number of aliphatic carboxylic acids is 1. The standard InChI is InChI=1S/C46H65N3O17S3/c1-45(19-11-33-67(53,54)55)38-34-36(68(56,57)47-52)15-17-40(38)48(21-10-6-9-14-44(50)51)42(45)12-7-5-8-13-43-46(2,20-23-63-27-28-65-31-32-66-30-29-64-26-25-62-4)39-35-37(69(58,59)60)16-18-41(39)49(43)22-24-61-3/h5,7-8,12-13,15-18,34-35H,6,9-11,14,19-33H2,1-4H3,(H2-,50,51,53,54,55,58,59,60)/p+1. The summed E-state index contributed by atoms with van der Waals surface area (Å²) in [5.74, 6) is -1.47. The molecule has 23 heteroatoms. The van der Waals surface area contributed by atoms with Gasteiger partial charge in [0.15, 0.2) is 12.3 Å². The second-order valence-corrected chi connectivity index (χ2v) is 21.4. The topological polar surface area (TPSA) is 271 Å². The number of allylic oxidation sites excluding steroid dienone is 6. The number of nitrogens with zero attached hydrogens (tertiary/aromatic N) is 3. The maximum atomic E-state index is 12.7. The third-order valence-electron chi connectivity index (χ3n) is 12.0. The lowest BCUT2D eigenvalue weighted by molar-refractivity contribution is -0.441. The molecule has 2 aliphatic rings. The Hall–Kier alpha value is -4.27. The summed E-state index contributed by atoms with van der Waals surface area (Å²) >= 11 is 0. The predicted octanol–water partition coefficient (Wildman–Crippen LogP) is 5.58. The third-order valence-corrected chi connectivity index (χ3v) is 14.7. The van der Waals surface area contributed by atoms with Crippen LogP contribution < -0.4 is 4.90 Å². The van der Waals surface area contributed by atoms with Gasteiger partial charge in [0.25, 0.3) is 20.2 Å². The molecular formula is C46H66N3O17S3+. The lowest BCUT2D eigenvalue weighted by Crippen LogP contribution is -2.33. The number of fused-ring (bicyclic) bond motifs is 2. The number of ether oxygens (including phenoxy) is 6. The number of sulfonamides is 1. The number of carboxylic acid groups (broad SMARTS) is 1. The van der Waals surface area contributed by atoms with Gasteiger partial charge in [-0.2, -0.15) is 29.8 Å². The number of unbranched alkanes of at least 4 members (excludes halogenated alkanes) is 2. The molecule has 2 atom stereocenters. The minimum Gasteiger partial charge on any atom is -0.481 e. The zero-order chi connectivity index (χ0) is 50.7. The van der Waals surface area contributed by atoms with Crippen molar-refractivity contribution in [1.29, 1.82) is 0 Å². The molecule has 0 aromatic heterocycles. The zero-order valence-corrected chi connectivity index (χ0v) is 42.1. The van der Waals surface area contributed by atoms with Gasteiger partial charge in [0, 0.05) is 68.3 Å². The van der Waals surface area contributed by atoms with Crippen molar-refractivity contribution in [3.05, 3.63) is 88.5 Å². The van der Waals surface area contributed by atoms with Crippen LogP contribution in [0.3, 0.4) is 0 Å². The molecule has 3 N–H and O–H groups in total. The molecule has 4 rings (SSSR count). The fourth-order valence-corrected chi connectivity index (χ4v) is 10.1. The molecule has 2 heterocycles. The van der Waals surface area contributed by atoms with E-state index in [1.807, 2.05) is 35.5 Å². The average molecular weight is 1030 g/mol. The number of carboxylic acids is 1. The van der Waals surface area contributed by atoms with Gasteiger partial charge in [-0.25, -0.2) is 0 Å². The second-order valence-electron chi connectivity index (χ2n) is 16.8. The van der Waals surface area contributed by atoms with Crippen LogP contribution in [-0.2, 0) is 74.3 Å². The van der Waals surface area contributed by atoms with Crippen LogP contribution in [0.4, 0.5) is 11.4 Å². The Morgan fingerprint density at radius 2 is 1.32 bits per heavy atom. The summed E-state index contributed by atoms with van der Waals surface area (Å²) in [6.45, 7) is 8.37. The summed E-state index contributed by atoms with van der Waals surface area (Å²) in [6.07, 6.45) is 11.1. The predicted molar refractivity (Wildman–Crippen MR) is 257 cm³/mol. The zero-order valence-electron chi connectivity index (χ0n) is 39.6. The largest absolute Gasteiger partial charge is 0.481 e. The van der Waals surface area contributed by atoms with Gasteiger partial charge >= 0.3 is 16.0 Å². The molecule has 2 aromatic rings. The van der Waals surface area contributed by atoms with Gasteiger partial charge in [0.2, 0.25) is 5.69 Å². The Labute approximate surface area is 405 Å². The van der Waals surface area contributed by atoms with E-state index in [2.05, 4.69) is 4.58 Å². The number of nitroso groups, excluding NO2 is 1. The van der Waals surface area contributed by atoms with Gasteiger partial charge < -0.3 is 38.4 Å². The van der Waals surface area contributed by atoms with E-state index >= 15 is 0 Å². The van der Waals surface area contributed by atoms with Crippen LogP contribution in [0, 0.1) is 4.91 Å². The quantitative estimate of drug-likeness (QED) is 0.0254. The van der Waals surface area contributed by atoms with Crippen LogP contribution in [0.1, 0.15) is 69.9 Å². The number of methoxy groups -OCH3 is 2. The fourth-order valence-electron chi connectivity index (χ4n) is 8.49. The van der Waals surface area contributed by atoms with Crippen molar-refractivity contribution in [1.82, 2.24) is 0 Å². The SMILES string of the molecule is COCCOCCOCCOCCOCCC1(C)C(/C=C/C=C/C=C2/N(CCCCCC(=O)O)c3ccc(S(=O)(=O)N=O)cc3C2(C)CCCS(=O)(=O)O)=[N+](CCOC)c2ccc(S(=O)(=O)O)cc21. The number of hydrogen-bond acceptors (Lipinski definition) is 15. The normalized spacial score (nSPS) is 19.1. The Morgan fingerprint density at radius 1 is 0.710 bits per heavy atom. The highest BCUT2D eigenvalue weighted by atomic mass is 32.2. The molecule has 0 spiro atoms. The molecule has 20 nitrogen and oxygen atoms in total. The monoisotopic (exact) mass is 1030 g/mol. The number of anilines is 1. The van der Waals surface area contributed by atoms with Crippen LogP contribution in [0.2, 0.25) is 0 Å². The van der Waals surface area contributed by atoms with Crippen LogP contribution in [0.5, 0.6) is 0 Å². The molecule has 384 valence electrons. The average Bonchev–Trinajstić information content (AvgIpc) is 3.66. The van der Waals surface area contributed by atoms with Crippen LogP contribution in [0.15, 0.2) is 86.8 Å². The molecule has 2 aromatic carbocycles. The highest BCUT2D eigenvalue weighted by Crippen LogP contribution is 2.51. The summed E-state index contributed by atoms with van der Waals surface area (Å²) < 4.78 is 131. The fraction of sp³-hybridized carbons (Fsp3) is 0.565. The molecular weight excluding hydrogens is 963 g/mol. The van der Waals surface area contributed by atoms with Gasteiger partial charge in [0.1, 0.15) is 6.61 Å². The highest BCUT2D eigenvalue weighted by molar-refractivity contribution is 7.90. The van der Waals surface area contributed by atoms with Gasteiger partial charge in [-0.05, 0) is 87.9 Å². The van der Waals surface area contributed by atoms with E-state index < -0.39 is 52.8 Å². The Morgan fingerprint density at radius 3 is 1.91 bits per heavy atom. The van der Waals surface area contributed by atoms with E-state index in [0.717, 1.165) is 11.4 Å². The van der Waals surface area contributed by atoms with Gasteiger partial charge in [-0.3, -0.25) is 13.9 Å². The summed E-state index contributed by atoms with van der Waals surface area (Å²) in [6, 6.07) is 8.65. The van der Waals surface area contributed by atoms with E-state index in [9.17, 15) is 49.2 Å². The molecule has 0 fully saturated rings. The van der Waals surface area contributed by atoms with Gasteiger partial charge in [-0.1, -0.05) is 24.6 Å². The lowest BCUT2D eigenvalue weighted by Gasteiger charge is -2.30. The number of benzene rings is 2. The molecule has 0 saturated heterocycles. The molecule has 0 aliphatic carbocycles. The first-order valence-electron chi connectivity index (χ1n) is 22.5. The van der Waals surface area contributed by atoms with E-state index in [-0.39, 0.29) is 42.3 Å². The number of hydrogen-bond donors (Lipinski definition) is 3. The maximum absolute atomic E-state index is 12.7. The van der Waals surface area contributed by atoms with E-state index in [0.29, 0.717) is 114 Å². The number of rotatable bonds is 34. The first-order valence-corrected chi connectivity index (χ1v) is 27.0. The van der Waals surface area contributed by atoms with Gasteiger partial charge in [-0.15, -0.1) is 4.91 Å². The minimum atomic E-state index is -4.56. The third kappa shape index (κ3) is 16.4. The Kier molecular flexibility index (Phi) is 22.3. The first-order chi connectivity index (χ1) is 32.7.